The second-order valence-electron chi connectivity index (χ2n) is 3.57. The van der Waals surface area contributed by atoms with Crippen LogP contribution in [0.25, 0.3) is 11.1 Å². The molecule has 0 saturated heterocycles. The van der Waals surface area contributed by atoms with Gasteiger partial charge in [-0.2, -0.15) is 0 Å². The third kappa shape index (κ3) is 2.04. The molecule has 0 aromatic heterocycles. The van der Waals surface area contributed by atoms with Crippen molar-refractivity contribution in [3.8, 4) is 16.9 Å². The van der Waals surface area contributed by atoms with Gasteiger partial charge in [0.1, 0.15) is 11.6 Å². The highest BCUT2D eigenvalue weighted by Gasteiger charge is 2.05. The number of hydrogen-bond donors (Lipinski definition) is 2. The summed E-state index contributed by atoms with van der Waals surface area (Å²) in [6.45, 7) is 0.380. The minimum atomic E-state index is -0.289. The van der Waals surface area contributed by atoms with Gasteiger partial charge in [-0.1, -0.05) is 18.2 Å². The number of phenolic OH excluding ortho intramolecular Hbond substituents is 1. The predicted molar refractivity (Wildman–Crippen MR) is 61.4 cm³/mol. The summed E-state index contributed by atoms with van der Waals surface area (Å²) in [6.07, 6.45) is 0. The van der Waals surface area contributed by atoms with Gasteiger partial charge in [-0.3, -0.25) is 0 Å². The lowest BCUT2D eigenvalue weighted by Gasteiger charge is -2.06. The van der Waals surface area contributed by atoms with Crippen LogP contribution in [0.1, 0.15) is 5.56 Å². The first-order valence-electron chi connectivity index (χ1n) is 4.98. The number of benzene rings is 2. The van der Waals surface area contributed by atoms with Gasteiger partial charge in [-0.15, -0.1) is 0 Å². The lowest BCUT2D eigenvalue weighted by molar-refractivity contribution is 0.475. The van der Waals surface area contributed by atoms with Crippen LogP contribution in [0.4, 0.5) is 4.39 Å². The molecule has 0 heterocycles. The van der Waals surface area contributed by atoms with Crippen molar-refractivity contribution in [1.29, 1.82) is 0 Å². The summed E-state index contributed by atoms with van der Waals surface area (Å²) in [6, 6.07) is 11.2. The molecule has 16 heavy (non-hydrogen) atoms. The van der Waals surface area contributed by atoms with Crippen LogP contribution in [-0.4, -0.2) is 5.11 Å². The lowest BCUT2D eigenvalue weighted by Crippen LogP contribution is -1.97. The molecule has 0 radical (unpaired) electrons. The minimum Gasteiger partial charge on any atom is -0.508 e. The van der Waals surface area contributed by atoms with E-state index in [1.54, 1.807) is 24.3 Å². The van der Waals surface area contributed by atoms with E-state index in [0.29, 0.717) is 12.1 Å². The molecule has 3 N–H and O–H groups in total. The number of rotatable bonds is 2. The summed E-state index contributed by atoms with van der Waals surface area (Å²) in [5.74, 6) is -0.123. The van der Waals surface area contributed by atoms with Crippen LogP contribution in [0.5, 0.6) is 5.75 Å². The zero-order chi connectivity index (χ0) is 11.5. The van der Waals surface area contributed by atoms with Crippen molar-refractivity contribution in [2.45, 2.75) is 6.54 Å². The van der Waals surface area contributed by atoms with Crippen molar-refractivity contribution in [1.82, 2.24) is 0 Å². The Morgan fingerprint density at radius 3 is 2.38 bits per heavy atom. The van der Waals surface area contributed by atoms with E-state index in [1.165, 1.54) is 18.2 Å². The van der Waals surface area contributed by atoms with E-state index in [9.17, 15) is 4.39 Å². The number of phenols is 1. The van der Waals surface area contributed by atoms with Crippen LogP contribution < -0.4 is 5.73 Å². The molecule has 2 aromatic carbocycles. The second-order valence-corrected chi connectivity index (χ2v) is 3.57. The maximum Gasteiger partial charge on any atom is 0.131 e. The fourth-order valence-electron chi connectivity index (χ4n) is 1.56. The summed E-state index contributed by atoms with van der Waals surface area (Å²) >= 11 is 0. The van der Waals surface area contributed by atoms with Crippen LogP contribution in [0.15, 0.2) is 42.5 Å². The van der Waals surface area contributed by atoms with Crippen LogP contribution >= 0.6 is 0 Å². The van der Waals surface area contributed by atoms with E-state index < -0.39 is 0 Å². The third-order valence-corrected chi connectivity index (χ3v) is 2.44. The quantitative estimate of drug-likeness (QED) is 0.812. The van der Waals surface area contributed by atoms with E-state index in [2.05, 4.69) is 0 Å². The highest BCUT2D eigenvalue weighted by atomic mass is 19.1. The molecular formula is C13H12FNO. The number of halogens is 1. The molecule has 0 saturated carbocycles. The van der Waals surface area contributed by atoms with E-state index in [4.69, 9.17) is 10.8 Å². The third-order valence-electron chi connectivity index (χ3n) is 2.44. The Morgan fingerprint density at radius 1 is 1.06 bits per heavy atom. The molecule has 0 bridgehead atoms. The van der Waals surface area contributed by atoms with E-state index in [-0.39, 0.29) is 11.6 Å². The Bertz CT molecular complexity index is 494. The first-order chi connectivity index (χ1) is 7.70. The molecular weight excluding hydrogens is 205 g/mol. The normalized spacial score (nSPS) is 10.4. The van der Waals surface area contributed by atoms with Gasteiger partial charge < -0.3 is 10.8 Å². The minimum absolute atomic E-state index is 0.166. The van der Waals surface area contributed by atoms with Crippen LogP contribution in [-0.2, 0) is 6.54 Å². The van der Waals surface area contributed by atoms with Crippen molar-refractivity contribution in [3.63, 3.8) is 0 Å². The van der Waals surface area contributed by atoms with Gasteiger partial charge in [0.15, 0.2) is 0 Å². The Morgan fingerprint density at radius 2 is 1.75 bits per heavy atom. The molecule has 0 aliphatic rings. The fraction of sp³-hybridized carbons (Fsp3) is 0.0769. The average Bonchev–Trinajstić information content (AvgIpc) is 2.31. The molecule has 0 atom stereocenters. The standard InChI is InChI=1S/C13H12FNO/c14-13-6-1-9(8-15)7-12(13)10-2-4-11(16)5-3-10/h1-7,16H,8,15H2. The predicted octanol–water partition coefficient (Wildman–Crippen LogP) is 2.66. The lowest BCUT2D eigenvalue weighted by atomic mass is 10.0. The first-order valence-corrected chi connectivity index (χ1v) is 4.98. The fourth-order valence-corrected chi connectivity index (χ4v) is 1.56. The first kappa shape index (κ1) is 10.6. The Balaban J connectivity index is 2.50. The Kier molecular flexibility index (Phi) is 2.88. The van der Waals surface area contributed by atoms with Crippen LogP contribution in [0.3, 0.4) is 0 Å². The van der Waals surface area contributed by atoms with E-state index in [1.807, 2.05) is 0 Å². The molecule has 0 fully saturated rings. The summed E-state index contributed by atoms with van der Waals surface area (Å²) in [5.41, 5.74) is 7.62. The number of aromatic hydroxyl groups is 1. The van der Waals surface area contributed by atoms with E-state index in [0.717, 1.165) is 11.1 Å². The van der Waals surface area contributed by atoms with E-state index >= 15 is 0 Å². The van der Waals surface area contributed by atoms with Crippen molar-refractivity contribution < 1.29 is 9.50 Å². The zero-order valence-electron chi connectivity index (χ0n) is 8.65. The SMILES string of the molecule is NCc1ccc(F)c(-c2ccc(O)cc2)c1. The van der Waals surface area contributed by atoms with Gasteiger partial charge in [0.2, 0.25) is 0 Å². The van der Waals surface area contributed by atoms with Crippen molar-refractivity contribution in [2.24, 2.45) is 5.73 Å². The molecule has 0 aliphatic heterocycles. The molecule has 2 nitrogen and oxygen atoms in total. The van der Waals surface area contributed by atoms with Gasteiger partial charge >= 0.3 is 0 Å². The Labute approximate surface area is 93.2 Å². The van der Waals surface area contributed by atoms with Gasteiger partial charge in [0.25, 0.3) is 0 Å². The monoisotopic (exact) mass is 217 g/mol. The highest BCUT2D eigenvalue weighted by molar-refractivity contribution is 5.65. The molecule has 2 aromatic rings. The summed E-state index contributed by atoms with van der Waals surface area (Å²) in [4.78, 5) is 0. The maximum absolute atomic E-state index is 13.6. The van der Waals surface area contributed by atoms with Crippen molar-refractivity contribution in [2.75, 3.05) is 0 Å². The van der Waals surface area contributed by atoms with Gasteiger partial charge in [0, 0.05) is 12.1 Å². The largest absolute Gasteiger partial charge is 0.508 e. The van der Waals surface area contributed by atoms with Gasteiger partial charge in [-0.25, -0.2) is 4.39 Å². The summed E-state index contributed by atoms with van der Waals surface area (Å²) in [5, 5.41) is 9.16. The maximum atomic E-state index is 13.6. The highest BCUT2D eigenvalue weighted by Crippen LogP contribution is 2.25. The van der Waals surface area contributed by atoms with Gasteiger partial charge in [0.05, 0.1) is 0 Å². The van der Waals surface area contributed by atoms with Crippen LogP contribution in [0, 0.1) is 5.82 Å². The average molecular weight is 217 g/mol. The smallest absolute Gasteiger partial charge is 0.131 e. The summed E-state index contributed by atoms with van der Waals surface area (Å²) in [7, 11) is 0. The molecule has 3 heteroatoms. The van der Waals surface area contributed by atoms with Crippen molar-refractivity contribution >= 4 is 0 Å². The summed E-state index contributed by atoms with van der Waals surface area (Å²) < 4.78 is 13.6. The number of hydrogen-bond acceptors (Lipinski definition) is 2. The molecule has 82 valence electrons. The van der Waals surface area contributed by atoms with Crippen LogP contribution in [0.2, 0.25) is 0 Å². The topological polar surface area (TPSA) is 46.2 Å². The Hall–Kier alpha value is -1.87. The zero-order valence-corrected chi connectivity index (χ0v) is 8.65. The number of nitrogens with two attached hydrogens (primary N) is 1. The molecule has 0 amide bonds. The molecule has 0 unspecified atom stereocenters. The molecule has 0 spiro atoms. The second kappa shape index (κ2) is 4.33. The molecule has 2 rings (SSSR count). The van der Waals surface area contributed by atoms with Gasteiger partial charge in [-0.05, 0) is 35.4 Å². The molecule has 0 aliphatic carbocycles. The van der Waals surface area contributed by atoms with Crippen molar-refractivity contribution in [3.05, 3.63) is 53.8 Å².